The van der Waals surface area contributed by atoms with Crippen LogP contribution in [0.4, 0.5) is 11.4 Å². The first-order valence-electron chi connectivity index (χ1n) is 8.37. The second-order valence-corrected chi connectivity index (χ2v) is 5.90. The van der Waals surface area contributed by atoms with E-state index in [9.17, 15) is 19.7 Å². The molecule has 0 atom stereocenters. The highest BCUT2D eigenvalue weighted by molar-refractivity contribution is 5.93. The van der Waals surface area contributed by atoms with Crippen molar-refractivity contribution in [3.8, 4) is 0 Å². The second kappa shape index (κ2) is 9.33. The number of benzene rings is 2. The standard InChI is InChI=1S/C19H21N3O5/c1-13-4-3-5-17(14(13)2)19(24)27-12-18(23)21-11-10-20-15-6-8-16(9-7-15)22(25)26/h3-9,20H,10-12H2,1-2H3,(H,21,23). The number of amides is 1. The van der Waals surface area contributed by atoms with E-state index >= 15 is 0 Å². The first-order valence-corrected chi connectivity index (χ1v) is 8.37. The van der Waals surface area contributed by atoms with E-state index in [1.165, 1.54) is 12.1 Å². The van der Waals surface area contributed by atoms with Gasteiger partial charge >= 0.3 is 5.97 Å². The van der Waals surface area contributed by atoms with Gasteiger partial charge in [0.05, 0.1) is 10.5 Å². The van der Waals surface area contributed by atoms with Crippen molar-refractivity contribution in [3.05, 3.63) is 69.3 Å². The normalized spacial score (nSPS) is 10.1. The lowest BCUT2D eigenvalue weighted by Gasteiger charge is -2.10. The number of hydrogen-bond acceptors (Lipinski definition) is 6. The lowest BCUT2D eigenvalue weighted by atomic mass is 10.0. The summed E-state index contributed by atoms with van der Waals surface area (Å²) in [5, 5.41) is 16.2. The van der Waals surface area contributed by atoms with E-state index in [1.807, 2.05) is 19.9 Å². The highest BCUT2D eigenvalue weighted by Gasteiger charge is 2.13. The van der Waals surface area contributed by atoms with Gasteiger partial charge in [-0.3, -0.25) is 14.9 Å². The zero-order chi connectivity index (χ0) is 19.8. The summed E-state index contributed by atoms with van der Waals surface area (Å²) < 4.78 is 5.04. The number of esters is 1. The maximum atomic E-state index is 12.1. The smallest absolute Gasteiger partial charge is 0.338 e. The van der Waals surface area contributed by atoms with Gasteiger partial charge in [-0.2, -0.15) is 0 Å². The van der Waals surface area contributed by atoms with Gasteiger partial charge in [-0.25, -0.2) is 4.79 Å². The van der Waals surface area contributed by atoms with E-state index in [0.717, 1.165) is 11.1 Å². The third kappa shape index (κ3) is 5.81. The molecular formula is C19H21N3O5. The van der Waals surface area contributed by atoms with Crippen LogP contribution in [0.2, 0.25) is 0 Å². The Morgan fingerprint density at radius 2 is 1.78 bits per heavy atom. The molecule has 2 aromatic carbocycles. The van der Waals surface area contributed by atoms with Gasteiger partial charge in [-0.15, -0.1) is 0 Å². The lowest BCUT2D eigenvalue weighted by molar-refractivity contribution is -0.384. The number of rotatable bonds is 8. The van der Waals surface area contributed by atoms with Crippen molar-refractivity contribution in [1.82, 2.24) is 5.32 Å². The number of anilines is 1. The van der Waals surface area contributed by atoms with Crippen LogP contribution in [0, 0.1) is 24.0 Å². The van der Waals surface area contributed by atoms with Crippen molar-refractivity contribution in [2.45, 2.75) is 13.8 Å². The van der Waals surface area contributed by atoms with Crippen LogP contribution in [0.15, 0.2) is 42.5 Å². The number of aryl methyl sites for hydroxylation is 1. The molecule has 2 N–H and O–H groups in total. The molecule has 0 saturated carbocycles. The Morgan fingerprint density at radius 1 is 1.07 bits per heavy atom. The summed E-state index contributed by atoms with van der Waals surface area (Å²) in [6, 6.07) is 11.3. The molecule has 0 heterocycles. The van der Waals surface area contributed by atoms with E-state index in [-0.39, 0.29) is 12.3 Å². The fraction of sp³-hybridized carbons (Fsp3) is 0.263. The van der Waals surface area contributed by atoms with Crippen LogP contribution in [0.3, 0.4) is 0 Å². The topological polar surface area (TPSA) is 111 Å². The van der Waals surface area contributed by atoms with E-state index in [2.05, 4.69) is 10.6 Å². The van der Waals surface area contributed by atoms with Crippen molar-refractivity contribution in [3.63, 3.8) is 0 Å². The van der Waals surface area contributed by atoms with Gasteiger partial charge in [0.1, 0.15) is 0 Å². The highest BCUT2D eigenvalue weighted by atomic mass is 16.6. The number of carbonyl (C=O) groups excluding carboxylic acids is 2. The Morgan fingerprint density at radius 3 is 2.44 bits per heavy atom. The molecule has 8 nitrogen and oxygen atoms in total. The summed E-state index contributed by atoms with van der Waals surface area (Å²) in [7, 11) is 0. The molecular weight excluding hydrogens is 350 g/mol. The number of carbonyl (C=O) groups is 2. The summed E-state index contributed by atoms with van der Waals surface area (Å²) in [5.41, 5.74) is 2.97. The third-order valence-electron chi connectivity index (χ3n) is 4.01. The fourth-order valence-corrected chi connectivity index (χ4v) is 2.34. The minimum atomic E-state index is -0.532. The summed E-state index contributed by atoms with van der Waals surface area (Å²) in [4.78, 5) is 33.9. The molecule has 142 valence electrons. The molecule has 0 bridgehead atoms. The molecule has 8 heteroatoms. The van der Waals surface area contributed by atoms with Crippen LogP contribution in [0.1, 0.15) is 21.5 Å². The maximum absolute atomic E-state index is 12.1. The van der Waals surface area contributed by atoms with Crippen LogP contribution in [0.25, 0.3) is 0 Å². The van der Waals surface area contributed by atoms with Gasteiger partial charge < -0.3 is 15.4 Å². The summed E-state index contributed by atoms with van der Waals surface area (Å²) in [6.07, 6.45) is 0. The third-order valence-corrected chi connectivity index (χ3v) is 4.01. The van der Waals surface area contributed by atoms with Crippen molar-refractivity contribution < 1.29 is 19.2 Å². The van der Waals surface area contributed by atoms with Crippen molar-refractivity contribution in [2.24, 2.45) is 0 Å². The molecule has 0 radical (unpaired) electrons. The van der Waals surface area contributed by atoms with Gasteiger partial charge in [-0.1, -0.05) is 12.1 Å². The number of nitro groups is 1. The minimum absolute atomic E-state index is 0.0134. The number of ether oxygens (including phenoxy) is 1. The van der Waals surface area contributed by atoms with Gasteiger partial charge in [0.2, 0.25) is 0 Å². The van der Waals surface area contributed by atoms with Crippen LogP contribution < -0.4 is 10.6 Å². The van der Waals surface area contributed by atoms with Gasteiger partial charge in [0.25, 0.3) is 11.6 Å². The zero-order valence-electron chi connectivity index (χ0n) is 15.2. The molecule has 1 amide bonds. The number of hydrogen-bond donors (Lipinski definition) is 2. The average Bonchev–Trinajstić information content (AvgIpc) is 2.66. The fourth-order valence-electron chi connectivity index (χ4n) is 2.34. The summed E-state index contributed by atoms with van der Waals surface area (Å²) in [5.74, 6) is -0.936. The molecule has 0 aliphatic rings. The average molecular weight is 371 g/mol. The first-order chi connectivity index (χ1) is 12.9. The zero-order valence-corrected chi connectivity index (χ0v) is 15.2. The molecule has 0 saturated heterocycles. The molecule has 2 rings (SSSR count). The molecule has 0 aliphatic carbocycles. The SMILES string of the molecule is Cc1cccc(C(=O)OCC(=O)NCCNc2ccc([N+](=O)[O-])cc2)c1C. The Balaban J connectivity index is 1.69. The first kappa shape index (κ1) is 19.9. The number of nitrogens with one attached hydrogen (secondary N) is 2. The van der Waals surface area contributed by atoms with E-state index in [0.29, 0.717) is 24.3 Å². The highest BCUT2D eigenvalue weighted by Crippen LogP contribution is 2.15. The van der Waals surface area contributed by atoms with Crippen molar-refractivity contribution in [2.75, 3.05) is 25.0 Å². The van der Waals surface area contributed by atoms with Gasteiger partial charge in [0, 0.05) is 30.9 Å². The van der Waals surface area contributed by atoms with E-state index < -0.39 is 16.8 Å². The largest absolute Gasteiger partial charge is 0.452 e. The van der Waals surface area contributed by atoms with Crippen LogP contribution in [-0.4, -0.2) is 36.5 Å². The number of non-ortho nitro benzene ring substituents is 1. The molecule has 0 unspecified atom stereocenters. The van der Waals surface area contributed by atoms with Crippen LogP contribution in [-0.2, 0) is 9.53 Å². The van der Waals surface area contributed by atoms with Crippen LogP contribution >= 0.6 is 0 Å². The Hall–Kier alpha value is -3.42. The molecule has 0 fully saturated rings. The maximum Gasteiger partial charge on any atom is 0.338 e. The van der Waals surface area contributed by atoms with E-state index in [4.69, 9.17) is 4.74 Å². The predicted molar refractivity (Wildman–Crippen MR) is 101 cm³/mol. The number of nitro benzene ring substituents is 1. The molecule has 0 spiro atoms. The lowest BCUT2D eigenvalue weighted by Crippen LogP contribution is -2.32. The molecule has 27 heavy (non-hydrogen) atoms. The Labute approximate surface area is 156 Å². The predicted octanol–water partition coefficient (Wildman–Crippen LogP) is 2.60. The summed E-state index contributed by atoms with van der Waals surface area (Å²) in [6.45, 7) is 4.11. The van der Waals surface area contributed by atoms with Crippen molar-refractivity contribution in [1.29, 1.82) is 0 Å². The molecule has 0 aromatic heterocycles. The minimum Gasteiger partial charge on any atom is -0.452 e. The van der Waals surface area contributed by atoms with Crippen LogP contribution in [0.5, 0.6) is 0 Å². The Bertz CT molecular complexity index is 834. The van der Waals surface area contributed by atoms with Gasteiger partial charge in [-0.05, 0) is 43.2 Å². The van der Waals surface area contributed by atoms with E-state index in [1.54, 1.807) is 24.3 Å². The number of nitrogens with zero attached hydrogens (tertiary/aromatic N) is 1. The van der Waals surface area contributed by atoms with Crippen molar-refractivity contribution >= 4 is 23.3 Å². The monoisotopic (exact) mass is 371 g/mol. The summed E-state index contributed by atoms with van der Waals surface area (Å²) >= 11 is 0. The second-order valence-electron chi connectivity index (χ2n) is 5.90. The Kier molecular flexibility index (Phi) is 6.87. The molecule has 0 aliphatic heterocycles. The quantitative estimate of drug-likeness (QED) is 0.319. The molecule has 2 aromatic rings. The van der Waals surface area contributed by atoms with Gasteiger partial charge in [0.15, 0.2) is 6.61 Å².